The van der Waals surface area contributed by atoms with Crippen molar-refractivity contribution in [3.05, 3.63) is 88.0 Å². The van der Waals surface area contributed by atoms with E-state index in [1.54, 1.807) is 41.4 Å². The Balaban J connectivity index is 1.38. The number of anilines is 1. The van der Waals surface area contributed by atoms with Crippen molar-refractivity contribution in [2.24, 2.45) is 0 Å². The number of hydrogen-bond donors (Lipinski definition) is 0. The van der Waals surface area contributed by atoms with Gasteiger partial charge in [-0.05, 0) is 35.9 Å². The molecule has 164 valence electrons. The molecule has 1 aliphatic rings. The Kier molecular flexibility index (Phi) is 6.60. The number of aromatic nitrogens is 2. The summed E-state index contributed by atoms with van der Waals surface area (Å²) in [5.41, 5.74) is 1.44. The molecule has 2 aromatic heterocycles. The SMILES string of the molecule is O=C(c1cccnc1SCc1ccc(F)cc1)N1CCN(c2ccc([N+](=O)[O-])cn2)CC1. The number of carbonyl (C=O) groups is 1. The fourth-order valence-electron chi connectivity index (χ4n) is 3.38. The van der Waals surface area contributed by atoms with Crippen LogP contribution in [0.15, 0.2) is 66.0 Å². The van der Waals surface area contributed by atoms with Gasteiger partial charge in [0.25, 0.3) is 11.6 Å². The standard InChI is InChI=1S/C22H20FN5O3S/c23-17-5-3-16(4-6-17)15-32-21-19(2-1-9-24-21)22(29)27-12-10-26(11-13-27)20-8-7-18(14-25-20)28(30)31/h1-9,14H,10-13,15H2. The number of amides is 1. The van der Waals surface area contributed by atoms with E-state index in [1.807, 2.05) is 4.90 Å². The first-order valence-electron chi connectivity index (χ1n) is 9.98. The van der Waals surface area contributed by atoms with Gasteiger partial charge in [0.15, 0.2) is 0 Å². The van der Waals surface area contributed by atoms with Crippen molar-refractivity contribution in [3.8, 4) is 0 Å². The average molecular weight is 453 g/mol. The lowest BCUT2D eigenvalue weighted by molar-refractivity contribution is -0.385. The molecule has 8 nitrogen and oxygen atoms in total. The van der Waals surface area contributed by atoms with E-state index < -0.39 is 4.92 Å². The van der Waals surface area contributed by atoms with Crippen LogP contribution in [-0.2, 0) is 5.75 Å². The van der Waals surface area contributed by atoms with Crippen molar-refractivity contribution in [3.63, 3.8) is 0 Å². The summed E-state index contributed by atoms with van der Waals surface area (Å²) < 4.78 is 13.1. The molecule has 0 unspecified atom stereocenters. The van der Waals surface area contributed by atoms with Crippen LogP contribution in [0.4, 0.5) is 15.9 Å². The normalized spacial score (nSPS) is 13.8. The van der Waals surface area contributed by atoms with Gasteiger partial charge in [0.05, 0.1) is 10.5 Å². The van der Waals surface area contributed by atoms with Gasteiger partial charge in [0.2, 0.25) is 0 Å². The second kappa shape index (κ2) is 9.73. The predicted molar refractivity (Wildman–Crippen MR) is 119 cm³/mol. The number of halogens is 1. The molecule has 0 spiro atoms. The number of pyridine rings is 2. The summed E-state index contributed by atoms with van der Waals surface area (Å²) in [7, 11) is 0. The van der Waals surface area contributed by atoms with Crippen molar-refractivity contribution < 1.29 is 14.1 Å². The number of hydrogen-bond acceptors (Lipinski definition) is 7. The number of nitrogens with zero attached hydrogens (tertiary/aromatic N) is 5. The Morgan fingerprint density at radius 2 is 1.81 bits per heavy atom. The molecule has 0 bridgehead atoms. The van der Waals surface area contributed by atoms with Crippen LogP contribution in [0.5, 0.6) is 0 Å². The second-order valence-electron chi connectivity index (χ2n) is 7.18. The maximum atomic E-state index is 13.2. The molecule has 3 heterocycles. The maximum Gasteiger partial charge on any atom is 0.287 e. The van der Waals surface area contributed by atoms with E-state index in [1.165, 1.54) is 36.2 Å². The van der Waals surface area contributed by atoms with Gasteiger partial charge in [0, 0.05) is 44.2 Å². The largest absolute Gasteiger partial charge is 0.353 e. The highest BCUT2D eigenvalue weighted by Crippen LogP contribution is 2.26. The summed E-state index contributed by atoms with van der Waals surface area (Å²) in [5.74, 6) is 0.864. The fraction of sp³-hybridized carbons (Fsp3) is 0.227. The van der Waals surface area contributed by atoms with E-state index in [0.29, 0.717) is 48.3 Å². The number of rotatable bonds is 6. The van der Waals surface area contributed by atoms with E-state index in [4.69, 9.17) is 0 Å². The van der Waals surface area contributed by atoms with Crippen molar-refractivity contribution in [2.45, 2.75) is 10.8 Å². The second-order valence-corrected chi connectivity index (χ2v) is 8.15. The zero-order chi connectivity index (χ0) is 22.5. The summed E-state index contributed by atoms with van der Waals surface area (Å²) in [6.07, 6.45) is 2.90. The molecular weight excluding hydrogens is 433 g/mol. The quantitative estimate of drug-likeness (QED) is 0.319. The molecule has 0 aliphatic carbocycles. The highest BCUT2D eigenvalue weighted by Gasteiger charge is 2.25. The van der Waals surface area contributed by atoms with Crippen molar-refractivity contribution in [1.29, 1.82) is 0 Å². The van der Waals surface area contributed by atoms with Gasteiger partial charge in [-0.15, -0.1) is 11.8 Å². The Morgan fingerprint density at radius 1 is 1.06 bits per heavy atom. The molecular formula is C22H20FN5O3S. The van der Waals surface area contributed by atoms with Crippen molar-refractivity contribution in [2.75, 3.05) is 31.1 Å². The third-order valence-electron chi connectivity index (χ3n) is 5.12. The molecule has 1 fully saturated rings. The van der Waals surface area contributed by atoms with Crippen LogP contribution >= 0.6 is 11.8 Å². The first-order chi connectivity index (χ1) is 15.5. The molecule has 1 aliphatic heterocycles. The number of carbonyl (C=O) groups excluding carboxylic acids is 1. The Bertz CT molecular complexity index is 1100. The Hall–Kier alpha value is -3.53. The van der Waals surface area contributed by atoms with Crippen LogP contribution in [-0.4, -0.2) is 51.9 Å². The summed E-state index contributed by atoms with van der Waals surface area (Å²) >= 11 is 1.44. The van der Waals surface area contributed by atoms with Crippen LogP contribution in [0.3, 0.4) is 0 Å². The van der Waals surface area contributed by atoms with Gasteiger partial charge >= 0.3 is 0 Å². The van der Waals surface area contributed by atoms with E-state index in [9.17, 15) is 19.3 Å². The molecule has 4 rings (SSSR count). The van der Waals surface area contributed by atoms with Crippen molar-refractivity contribution in [1.82, 2.24) is 14.9 Å². The van der Waals surface area contributed by atoms with Crippen LogP contribution in [0.2, 0.25) is 0 Å². The lowest BCUT2D eigenvalue weighted by Crippen LogP contribution is -2.49. The number of nitro groups is 1. The zero-order valence-corrected chi connectivity index (χ0v) is 17.9. The van der Waals surface area contributed by atoms with E-state index >= 15 is 0 Å². The first-order valence-corrected chi connectivity index (χ1v) is 11.0. The average Bonchev–Trinajstić information content (AvgIpc) is 2.83. The van der Waals surface area contributed by atoms with E-state index in [2.05, 4.69) is 9.97 Å². The fourth-order valence-corrected chi connectivity index (χ4v) is 4.33. The number of thioether (sulfide) groups is 1. The van der Waals surface area contributed by atoms with Crippen molar-refractivity contribution >= 4 is 29.2 Å². The number of piperazine rings is 1. The van der Waals surface area contributed by atoms with Gasteiger partial charge in [0.1, 0.15) is 22.9 Å². The van der Waals surface area contributed by atoms with Gasteiger partial charge in [-0.2, -0.15) is 0 Å². The molecule has 32 heavy (non-hydrogen) atoms. The monoisotopic (exact) mass is 453 g/mol. The number of benzene rings is 1. The molecule has 0 atom stereocenters. The highest BCUT2D eigenvalue weighted by atomic mass is 32.2. The topological polar surface area (TPSA) is 92.5 Å². The molecule has 0 saturated carbocycles. The molecule has 1 saturated heterocycles. The minimum absolute atomic E-state index is 0.0511. The summed E-state index contributed by atoms with van der Waals surface area (Å²) in [5, 5.41) is 11.4. The zero-order valence-electron chi connectivity index (χ0n) is 17.1. The van der Waals surface area contributed by atoms with E-state index in [0.717, 1.165) is 5.56 Å². The minimum atomic E-state index is -0.479. The molecule has 3 aromatic rings. The predicted octanol–water partition coefficient (Wildman–Crippen LogP) is 3.78. The highest BCUT2D eigenvalue weighted by molar-refractivity contribution is 7.98. The summed E-state index contributed by atoms with van der Waals surface area (Å²) in [4.78, 5) is 35.8. The van der Waals surface area contributed by atoms with Crippen LogP contribution in [0, 0.1) is 15.9 Å². The molecule has 1 amide bonds. The van der Waals surface area contributed by atoms with Gasteiger partial charge in [-0.25, -0.2) is 14.4 Å². The molecule has 10 heteroatoms. The summed E-state index contributed by atoms with van der Waals surface area (Å²) in [6, 6.07) is 12.8. The first kappa shape index (κ1) is 21.7. The van der Waals surface area contributed by atoms with E-state index in [-0.39, 0.29) is 17.4 Å². The smallest absolute Gasteiger partial charge is 0.287 e. The Morgan fingerprint density at radius 3 is 2.47 bits per heavy atom. The maximum absolute atomic E-state index is 13.2. The van der Waals surface area contributed by atoms with Crippen LogP contribution in [0.25, 0.3) is 0 Å². The summed E-state index contributed by atoms with van der Waals surface area (Å²) in [6.45, 7) is 2.17. The third kappa shape index (κ3) is 5.02. The van der Waals surface area contributed by atoms with Crippen LogP contribution < -0.4 is 4.90 Å². The third-order valence-corrected chi connectivity index (χ3v) is 6.20. The van der Waals surface area contributed by atoms with Gasteiger partial charge < -0.3 is 9.80 Å². The van der Waals surface area contributed by atoms with Crippen LogP contribution in [0.1, 0.15) is 15.9 Å². The molecule has 1 aromatic carbocycles. The molecule has 0 radical (unpaired) electrons. The van der Waals surface area contributed by atoms with Gasteiger partial charge in [-0.1, -0.05) is 12.1 Å². The Labute approximate surface area is 188 Å². The lowest BCUT2D eigenvalue weighted by Gasteiger charge is -2.35. The lowest BCUT2D eigenvalue weighted by atomic mass is 10.2. The minimum Gasteiger partial charge on any atom is -0.353 e. The van der Waals surface area contributed by atoms with Gasteiger partial charge in [-0.3, -0.25) is 14.9 Å². The molecule has 0 N–H and O–H groups in total.